The Labute approximate surface area is 82.5 Å². The third-order valence-corrected chi connectivity index (χ3v) is 3.89. The van der Waals surface area contributed by atoms with Crippen LogP contribution in [0.15, 0.2) is 0 Å². The number of hydrogen-bond donors (Lipinski definition) is 1. The van der Waals surface area contributed by atoms with E-state index in [4.69, 9.17) is 0 Å². The Morgan fingerprint density at radius 1 is 1.31 bits per heavy atom. The van der Waals surface area contributed by atoms with Crippen molar-refractivity contribution in [2.24, 2.45) is 23.2 Å². The standard InChI is InChI=1S/C12H24O/c1-5-7-12(8-13)10(6-2)11(12)9(3)4/h9-11,13H,5-8H2,1-4H3. The van der Waals surface area contributed by atoms with Gasteiger partial charge in [-0.3, -0.25) is 0 Å². The number of aliphatic hydroxyl groups is 1. The molecule has 0 aromatic carbocycles. The van der Waals surface area contributed by atoms with Gasteiger partial charge in [-0.05, 0) is 29.6 Å². The largest absolute Gasteiger partial charge is 0.396 e. The van der Waals surface area contributed by atoms with Gasteiger partial charge in [-0.15, -0.1) is 0 Å². The lowest BCUT2D eigenvalue weighted by atomic mass is 9.93. The summed E-state index contributed by atoms with van der Waals surface area (Å²) in [6.45, 7) is 9.47. The molecule has 78 valence electrons. The van der Waals surface area contributed by atoms with Crippen molar-refractivity contribution >= 4 is 0 Å². The zero-order valence-corrected chi connectivity index (χ0v) is 9.51. The second kappa shape index (κ2) is 4.00. The predicted molar refractivity (Wildman–Crippen MR) is 56.5 cm³/mol. The first-order valence-corrected chi connectivity index (χ1v) is 5.74. The monoisotopic (exact) mass is 184 g/mol. The Morgan fingerprint density at radius 2 is 1.92 bits per heavy atom. The van der Waals surface area contributed by atoms with Crippen LogP contribution in [0.3, 0.4) is 0 Å². The van der Waals surface area contributed by atoms with Gasteiger partial charge in [0.25, 0.3) is 0 Å². The molecule has 0 saturated heterocycles. The highest BCUT2D eigenvalue weighted by molar-refractivity contribution is 5.10. The zero-order chi connectivity index (χ0) is 10.1. The molecule has 0 bridgehead atoms. The van der Waals surface area contributed by atoms with Crippen molar-refractivity contribution in [1.82, 2.24) is 0 Å². The Balaban J connectivity index is 2.66. The third kappa shape index (κ3) is 1.63. The van der Waals surface area contributed by atoms with Gasteiger partial charge in [0.15, 0.2) is 0 Å². The van der Waals surface area contributed by atoms with Crippen LogP contribution in [0.1, 0.15) is 47.0 Å². The van der Waals surface area contributed by atoms with Gasteiger partial charge in [-0.1, -0.05) is 40.5 Å². The lowest BCUT2D eigenvalue weighted by molar-refractivity contribution is 0.171. The van der Waals surface area contributed by atoms with E-state index in [1.165, 1.54) is 19.3 Å². The summed E-state index contributed by atoms with van der Waals surface area (Å²) in [6, 6.07) is 0. The first-order valence-electron chi connectivity index (χ1n) is 5.74. The van der Waals surface area contributed by atoms with Crippen molar-refractivity contribution in [2.45, 2.75) is 47.0 Å². The first kappa shape index (κ1) is 11.0. The molecule has 0 spiro atoms. The number of hydrogen-bond acceptors (Lipinski definition) is 1. The van der Waals surface area contributed by atoms with Crippen LogP contribution in [0.4, 0.5) is 0 Å². The van der Waals surface area contributed by atoms with Crippen LogP contribution < -0.4 is 0 Å². The van der Waals surface area contributed by atoms with Gasteiger partial charge in [0.1, 0.15) is 0 Å². The fourth-order valence-electron chi connectivity index (χ4n) is 3.52. The number of rotatable bonds is 5. The van der Waals surface area contributed by atoms with Crippen molar-refractivity contribution in [3.63, 3.8) is 0 Å². The fraction of sp³-hybridized carbons (Fsp3) is 1.00. The molecule has 0 radical (unpaired) electrons. The molecule has 0 amide bonds. The smallest absolute Gasteiger partial charge is 0.0493 e. The highest BCUT2D eigenvalue weighted by Gasteiger charge is 2.62. The van der Waals surface area contributed by atoms with Gasteiger partial charge < -0.3 is 5.11 Å². The fourth-order valence-corrected chi connectivity index (χ4v) is 3.52. The molecule has 3 atom stereocenters. The molecule has 0 heterocycles. The molecule has 3 unspecified atom stereocenters. The van der Waals surface area contributed by atoms with Gasteiger partial charge in [-0.2, -0.15) is 0 Å². The van der Waals surface area contributed by atoms with Crippen LogP contribution in [0.25, 0.3) is 0 Å². The molecule has 0 aromatic heterocycles. The Hall–Kier alpha value is -0.0400. The average Bonchev–Trinajstić information content (AvgIpc) is 2.74. The van der Waals surface area contributed by atoms with Crippen LogP contribution in [0.2, 0.25) is 0 Å². The summed E-state index contributed by atoms with van der Waals surface area (Å²) in [6.07, 6.45) is 3.66. The van der Waals surface area contributed by atoms with Crippen LogP contribution in [-0.4, -0.2) is 11.7 Å². The molecule has 1 aliphatic carbocycles. The third-order valence-electron chi connectivity index (χ3n) is 3.89. The second-order valence-corrected chi connectivity index (χ2v) is 4.93. The Kier molecular flexibility index (Phi) is 3.39. The van der Waals surface area contributed by atoms with E-state index in [9.17, 15) is 5.11 Å². The van der Waals surface area contributed by atoms with Gasteiger partial charge in [0.05, 0.1) is 0 Å². The molecule has 1 N–H and O–H groups in total. The van der Waals surface area contributed by atoms with Crippen molar-refractivity contribution in [3.05, 3.63) is 0 Å². The molecule has 1 aliphatic rings. The summed E-state index contributed by atoms with van der Waals surface area (Å²) in [5, 5.41) is 9.51. The van der Waals surface area contributed by atoms with E-state index in [0.717, 1.165) is 17.8 Å². The normalized spacial score (nSPS) is 38.3. The molecule has 0 aliphatic heterocycles. The maximum Gasteiger partial charge on any atom is 0.0493 e. The lowest BCUT2D eigenvalue weighted by Gasteiger charge is -2.15. The summed E-state index contributed by atoms with van der Waals surface area (Å²) >= 11 is 0. The van der Waals surface area contributed by atoms with Crippen molar-refractivity contribution in [3.8, 4) is 0 Å². The van der Waals surface area contributed by atoms with E-state index in [-0.39, 0.29) is 0 Å². The van der Waals surface area contributed by atoms with E-state index in [1.807, 2.05) is 0 Å². The molecule has 1 heteroatoms. The van der Waals surface area contributed by atoms with E-state index < -0.39 is 0 Å². The quantitative estimate of drug-likeness (QED) is 0.696. The van der Waals surface area contributed by atoms with Gasteiger partial charge in [0.2, 0.25) is 0 Å². The van der Waals surface area contributed by atoms with E-state index >= 15 is 0 Å². The molecular weight excluding hydrogens is 160 g/mol. The Morgan fingerprint density at radius 3 is 2.15 bits per heavy atom. The average molecular weight is 184 g/mol. The topological polar surface area (TPSA) is 20.2 Å². The van der Waals surface area contributed by atoms with Gasteiger partial charge in [-0.25, -0.2) is 0 Å². The Bertz CT molecular complexity index is 165. The molecule has 1 nitrogen and oxygen atoms in total. The minimum Gasteiger partial charge on any atom is -0.396 e. The van der Waals surface area contributed by atoms with Crippen LogP contribution in [0, 0.1) is 23.2 Å². The van der Waals surface area contributed by atoms with Crippen LogP contribution in [0.5, 0.6) is 0 Å². The summed E-state index contributed by atoms with van der Waals surface area (Å²) in [5.41, 5.74) is 0.303. The van der Waals surface area contributed by atoms with E-state index in [0.29, 0.717) is 12.0 Å². The minimum atomic E-state index is 0.303. The van der Waals surface area contributed by atoms with Crippen LogP contribution in [-0.2, 0) is 0 Å². The molecule has 1 fully saturated rings. The predicted octanol–water partition coefficient (Wildman–Crippen LogP) is 3.08. The molecule has 13 heavy (non-hydrogen) atoms. The van der Waals surface area contributed by atoms with Gasteiger partial charge in [0, 0.05) is 6.61 Å². The number of aliphatic hydroxyl groups excluding tert-OH is 1. The second-order valence-electron chi connectivity index (χ2n) is 4.93. The van der Waals surface area contributed by atoms with Crippen LogP contribution >= 0.6 is 0 Å². The van der Waals surface area contributed by atoms with Crippen molar-refractivity contribution in [2.75, 3.05) is 6.61 Å². The minimum absolute atomic E-state index is 0.303. The molecule has 0 aromatic rings. The maximum atomic E-state index is 9.51. The highest BCUT2D eigenvalue weighted by atomic mass is 16.3. The molecule has 1 rings (SSSR count). The highest BCUT2D eigenvalue weighted by Crippen LogP contribution is 2.65. The van der Waals surface area contributed by atoms with Gasteiger partial charge >= 0.3 is 0 Å². The summed E-state index contributed by atoms with van der Waals surface area (Å²) in [5.74, 6) is 2.31. The summed E-state index contributed by atoms with van der Waals surface area (Å²) in [4.78, 5) is 0. The van der Waals surface area contributed by atoms with Crippen molar-refractivity contribution in [1.29, 1.82) is 0 Å². The molecular formula is C12H24O. The zero-order valence-electron chi connectivity index (χ0n) is 9.51. The lowest BCUT2D eigenvalue weighted by Crippen LogP contribution is -2.13. The first-order chi connectivity index (χ1) is 6.14. The van der Waals surface area contributed by atoms with E-state index in [2.05, 4.69) is 27.7 Å². The maximum absolute atomic E-state index is 9.51. The molecule has 1 saturated carbocycles. The summed E-state index contributed by atoms with van der Waals surface area (Å²) < 4.78 is 0. The summed E-state index contributed by atoms with van der Waals surface area (Å²) in [7, 11) is 0. The SMILES string of the molecule is CCCC1(CO)C(CC)C1C(C)C. The van der Waals surface area contributed by atoms with E-state index in [1.54, 1.807) is 0 Å². The van der Waals surface area contributed by atoms with Crippen molar-refractivity contribution < 1.29 is 5.11 Å².